The lowest BCUT2D eigenvalue weighted by atomic mass is 10.5. The Balaban J connectivity index is 3.15. The lowest BCUT2D eigenvalue weighted by Gasteiger charge is -2.13. The Bertz CT molecular complexity index is 44.5. The molecule has 0 nitrogen and oxygen atoms in total. The van der Waals surface area contributed by atoms with E-state index in [1.165, 1.54) is 6.04 Å². The molecule has 0 atom stereocenters. The van der Waals surface area contributed by atoms with Crippen molar-refractivity contribution in [3.8, 4) is 0 Å². The maximum absolute atomic E-state index is 3.60. The highest BCUT2D eigenvalue weighted by atomic mass is 28.2. The summed E-state index contributed by atoms with van der Waals surface area (Å²) < 4.78 is 0.384. The quantitative estimate of drug-likeness (QED) is 0.493. The maximum Gasteiger partial charge on any atom is 0.0401 e. The van der Waals surface area contributed by atoms with E-state index in [1.807, 2.05) is 0 Å². The van der Waals surface area contributed by atoms with Crippen molar-refractivity contribution < 1.29 is 0 Å². The first kappa shape index (κ1) is 7.43. The van der Waals surface area contributed by atoms with Gasteiger partial charge in [0.05, 0.1) is 0 Å². The molecule has 0 fully saturated rings. The molecule has 7 heavy (non-hydrogen) atoms. The van der Waals surface area contributed by atoms with Gasteiger partial charge >= 0.3 is 0 Å². The molecule has 0 amide bonds. The standard InChI is InChI=1S/C5H11Si2/c1-4-7-5(2,3)6/h4H2,1-3H3. The number of hydrogen-bond acceptors (Lipinski definition) is 0. The van der Waals surface area contributed by atoms with E-state index in [2.05, 4.69) is 31.0 Å². The third kappa shape index (κ3) is 6.43. The first-order valence-corrected chi connectivity index (χ1v) is 4.27. The molecule has 5 radical (unpaired) electrons. The van der Waals surface area contributed by atoms with Crippen LogP contribution in [0.5, 0.6) is 0 Å². The Hall–Kier alpha value is 0.434. The van der Waals surface area contributed by atoms with Crippen LogP contribution in [-0.4, -0.2) is 19.8 Å². The average molecular weight is 127 g/mol. The van der Waals surface area contributed by atoms with Gasteiger partial charge in [0.15, 0.2) is 0 Å². The van der Waals surface area contributed by atoms with Crippen molar-refractivity contribution >= 4 is 19.8 Å². The molecule has 0 aromatic rings. The van der Waals surface area contributed by atoms with Crippen molar-refractivity contribution in [3.05, 3.63) is 0 Å². The molecule has 0 aromatic heterocycles. The van der Waals surface area contributed by atoms with E-state index in [9.17, 15) is 0 Å². The van der Waals surface area contributed by atoms with Crippen LogP contribution in [0.25, 0.3) is 0 Å². The van der Waals surface area contributed by atoms with Crippen LogP contribution in [0.2, 0.25) is 10.7 Å². The summed E-state index contributed by atoms with van der Waals surface area (Å²) in [6, 6.07) is 1.29. The maximum atomic E-state index is 3.60. The molecule has 0 aromatic carbocycles. The van der Waals surface area contributed by atoms with Crippen molar-refractivity contribution in [1.29, 1.82) is 0 Å². The fourth-order valence-electron chi connectivity index (χ4n) is 0.442. The molecule has 0 heterocycles. The number of hydrogen-bond donors (Lipinski definition) is 0. The molecule has 0 rings (SSSR count). The minimum atomic E-state index is 0.384. The van der Waals surface area contributed by atoms with Crippen molar-refractivity contribution in [2.45, 2.75) is 31.5 Å². The Morgan fingerprint density at radius 1 is 1.57 bits per heavy atom. The normalized spacial score (nSPS) is 12.0. The predicted octanol–water partition coefficient (Wildman–Crippen LogP) is 1.45. The van der Waals surface area contributed by atoms with Crippen LogP contribution < -0.4 is 0 Å². The van der Waals surface area contributed by atoms with E-state index in [0.717, 1.165) is 9.52 Å². The summed E-state index contributed by atoms with van der Waals surface area (Å²) in [5.74, 6) is 0. The summed E-state index contributed by atoms with van der Waals surface area (Å²) in [4.78, 5) is 0. The Morgan fingerprint density at radius 3 is 2.00 bits per heavy atom. The molecule has 0 aliphatic rings. The minimum absolute atomic E-state index is 0.384. The van der Waals surface area contributed by atoms with Crippen LogP contribution in [0.15, 0.2) is 0 Å². The highest BCUT2D eigenvalue weighted by Gasteiger charge is 2.07. The van der Waals surface area contributed by atoms with Crippen LogP contribution in [0.1, 0.15) is 20.8 Å². The molecule has 0 N–H and O–H groups in total. The fourth-order valence-corrected chi connectivity index (χ4v) is 1.86. The van der Waals surface area contributed by atoms with Gasteiger partial charge in [0.2, 0.25) is 0 Å². The second kappa shape index (κ2) is 2.67. The lowest BCUT2D eigenvalue weighted by Crippen LogP contribution is -2.10. The average Bonchev–Trinajstić information content (AvgIpc) is 1.30. The molecule has 0 saturated heterocycles. The van der Waals surface area contributed by atoms with E-state index in [-0.39, 0.29) is 0 Å². The first-order valence-electron chi connectivity index (χ1n) is 2.56. The molecule has 0 spiro atoms. The molecule has 0 saturated carbocycles. The zero-order valence-electron chi connectivity index (χ0n) is 5.21. The second-order valence-electron chi connectivity index (χ2n) is 2.16. The van der Waals surface area contributed by atoms with Gasteiger partial charge in [0, 0.05) is 19.8 Å². The van der Waals surface area contributed by atoms with Crippen LogP contribution in [0.4, 0.5) is 0 Å². The van der Waals surface area contributed by atoms with Crippen LogP contribution in [0, 0.1) is 0 Å². The summed E-state index contributed by atoms with van der Waals surface area (Å²) >= 11 is 0. The molecule has 0 aliphatic heterocycles. The molecule has 0 unspecified atom stereocenters. The zero-order valence-corrected chi connectivity index (χ0v) is 7.21. The van der Waals surface area contributed by atoms with E-state index >= 15 is 0 Å². The van der Waals surface area contributed by atoms with E-state index < -0.39 is 0 Å². The van der Waals surface area contributed by atoms with Gasteiger partial charge in [0.1, 0.15) is 0 Å². The SMILES string of the molecule is CC[Si]C(C)(C)[Si]. The molecular formula is C5H11Si2. The summed E-state index contributed by atoms with van der Waals surface area (Å²) in [5, 5.41) is 0. The van der Waals surface area contributed by atoms with E-state index in [0.29, 0.717) is 4.66 Å². The van der Waals surface area contributed by atoms with Gasteiger partial charge in [-0.05, 0) is 0 Å². The Morgan fingerprint density at radius 2 is 2.00 bits per heavy atom. The molecule has 39 valence electrons. The summed E-state index contributed by atoms with van der Waals surface area (Å²) in [6.45, 7) is 6.61. The Kier molecular flexibility index (Phi) is 2.84. The number of rotatable bonds is 2. The van der Waals surface area contributed by atoms with Crippen LogP contribution in [-0.2, 0) is 0 Å². The van der Waals surface area contributed by atoms with Gasteiger partial charge in [-0.1, -0.05) is 31.5 Å². The molecular weight excluding hydrogens is 116 g/mol. The Labute approximate surface area is 51.9 Å². The lowest BCUT2D eigenvalue weighted by molar-refractivity contribution is 0.946. The smallest absolute Gasteiger partial charge is 0.0401 e. The van der Waals surface area contributed by atoms with E-state index in [4.69, 9.17) is 0 Å². The molecule has 0 aliphatic carbocycles. The van der Waals surface area contributed by atoms with Crippen molar-refractivity contribution in [3.63, 3.8) is 0 Å². The zero-order chi connectivity index (χ0) is 5.91. The first-order chi connectivity index (χ1) is 3.06. The van der Waals surface area contributed by atoms with Gasteiger partial charge in [0.25, 0.3) is 0 Å². The van der Waals surface area contributed by atoms with Gasteiger partial charge in [-0.2, -0.15) is 0 Å². The summed E-state index contributed by atoms with van der Waals surface area (Å²) in [5.41, 5.74) is 0. The second-order valence-corrected chi connectivity index (χ2v) is 6.22. The van der Waals surface area contributed by atoms with Crippen molar-refractivity contribution in [1.82, 2.24) is 0 Å². The highest BCUT2D eigenvalue weighted by Crippen LogP contribution is 2.15. The monoisotopic (exact) mass is 127 g/mol. The minimum Gasteiger partial charge on any atom is -0.0682 e. The third-order valence-electron chi connectivity index (χ3n) is 0.619. The van der Waals surface area contributed by atoms with Crippen LogP contribution in [0.3, 0.4) is 0 Å². The topological polar surface area (TPSA) is 0 Å². The van der Waals surface area contributed by atoms with Crippen molar-refractivity contribution in [2.24, 2.45) is 0 Å². The highest BCUT2D eigenvalue weighted by molar-refractivity contribution is 6.53. The van der Waals surface area contributed by atoms with Gasteiger partial charge in [-0.3, -0.25) is 0 Å². The van der Waals surface area contributed by atoms with Gasteiger partial charge < -0.3 is 0 Å². The van der Waals surface area contributed by atoms with Gasteiger partial charge in [-0.25, -0.2) is 0 Å². The predicted molar refractivity (Wildman–Crippen MR) is 36.0 cm³/mol. The molecule has 2 heteroatoms. The van der Waals surface area contributed by atoms with Gasteiger partial charge in [-0.15, -0.1) is 0 Å². The summed E-state index contributed by atoms with van der Waals surface area (Å²) in [7, 11) is 4.64. The third-order valence-corrected chi connectivity index (χ3v) is 2.39. The summed E-state index contributed by atoms with van der Waals surface area (Å²) in [6.07, 6.45) is 0. The van der Waals surface area contributed by atoms with Crippen molar-refractivity contribution in [2.75, 3.05) is 0 Å². The van der Waals surface area contributed by atoms with Crippen LogP contribution >= 0.6 is 0 Å². The molecule has 0 bridgehead atoms. The largest absolute Gasteiger partial charge is 0.0682 e. The fraction of sp³-hybridized carbons (Fsp3) is 1.00. The van der Waals surface area contributed by atoms with E-state index in [1.54, 1.807) is 0 Å².